The van der Waals surface area contributed by atoms with Gasteiger partial charge in [0, 0.05) is 23.7 Å². The minimum atomic E-state index is 0.316. The molecule has 0 saturated heterocycles. The summed E-state index contributed by atoms with van der Waals surface area (Å²) in [5, 5.41) is 2.17. The third-order valence-corrected chi connectivity index (χ3v) is 5.31. The maximum Gasteiger partial charge on any atom is 0.0759 e. The summed E-state index contributed by atoms with van der Waals surface area (Å²) in [5.41, 5.74) is 11.7. The predicted octanol–water partition coefficient (Wildman–Crippen LogP) is 3.82. The Kier molecular flexibility index (Phi) is 3.81. The van der Waals surface area contributed by atoms with E-state index in [4.69, 9.17) is 5.73 Å². The summed E-state index contributed by atoms with van der Waals surface area (Å²) in [5.74, 6) is 0. The number of anilines is 1. The molecule has 2 aromatic rings. The molecule has 1 aromatic carbocycles. The zero-order chi connectivity index (χ0) is 14.1. The van der Waals surface area contributed by atoms with Gasteiger partial charge in [0.1, 0.15) is 0 Å². The second kappa shape index (κ2) is 5.58. The van der Waals surface area contributed by atoms with Gasteiger partial charge in [0.2, 0.25) is 0 Å². The van der Waals surface area contributed by atoms with Crippen molar-refractivity contribution < 1.29 is 0 Å². The average molecular weight is 286 g/mol. The van der Waals surface area contributed by atoms with Crippen LogP contribution in [0.3, 0.4) is 0 Å². The van der Waals surface area contributed by atoms with Crippen LogP contribution in [-0.4, -0.2) is 13.1 Å². The molecule has 106 valence electrons. The number of hydrogen-bond donors (Lipinski definition) is 1. The quantitative estimate of drug-likeness (QED) is 0.929. The van der Waals surface area contributed by atoms with Gasteiger partial charge in [0.05, 0.1) is 6.04 Å². The summed E-state index contributed by atoms with van der Waals surface area (Å²) < 4.78 is 0. The van der Waals surface area contributed by atoms with E-state index < -0.39 is 0 Å². The average Bonchev–Trinajstić information content (AvgIpc) is 2.86. The van der Waals surface area contributed by atoms with Crippen molar-refractivity contribution in [3.63, 3.8) is 0 Å². The Morgan fingerprint density at radius 3 is 2.85 bits per heavy atom. The number of rotatable bonds is 3. The first-order valence-corrected chi connectivity index (χ1v) is 8.19. The highest BCUT2D eigenvalue weighted by molar-refractivity contribution is 7.10. The molecule has 3 heteroatoms. The highest BCUT2D eigenvalue weighted by Gasteiger charge is 2.26. The molecule has 0 aliphatic carbocycles. The summed E-state index contributed by atoms with van der Waals surface area (Å²) in [6.45, 7) is 6.14. The second-order valence-electron chi connectivity index (χ2n) is 5.65. The van der Waals surface area contributed by atoms with E-state index >= 15 is 0 Å². The van der Waals surface area contributed by atoms with Crippen molar-refractivity contribution in [2.24, 2.45) is 5.73 Å². The maximum absolute atomic E-state index is 6.12. The van der Waals surface area contributed by atoms with Crippen LogP contribution in [0.15, 0.2) is 29.6 Å². The molecule has 1 unspecified atom stereocenters. The van der Waals surface area contributed by atoms with Gasteiger partial charge in [-0.25, -0.2) is 0 Å². The summed E-state index contributed by atoms with van der Waals surface area (Å²) in [6.07, 6.45) is 2.41. The zero-order valence-electron chi connectivity index (χ0n) is 12.2. The number of thiophene rings is 1. The van der Waals surface area contributed by atoms with Gasteiger partial charge < -0.3 is 10.6 Å². The first-order chi connectivity index (χ1) is 9.70. The molecule has 2 nitrogen and oxygen atoms in total. The lowest BCUT2D eigenvalue weighted by atomic mass is 9.97. The fourth-order valence-electron chi connectivity index (χ4n) is 3.18. The lowest BCUT2D eigenvalue weighted by Gasteiger charge is -2.37. The SMILES string of the molecule is Cc1ccc2c(c1)CCCN2C(CN)c1sccc1C. The van der Waals surface area contributed by atoms with E-state index in [1.54, 1.807) is 0 Å². The number of hydrogen-bond acceptors (Lipinski definition) is 3. The Morgan fingerprint density at radius 1 is 1.30 bits per heavy atom. The molecule has 0 bridgehead atoms. The zero-order valence-corrected chi connectivity index (χ0v) is 13.0. The van der Waals surface area contributed by atoms with Crippen molar-refractivity contribution in [1.29, 1.82) is 0 Å². The molecule has 0 radical (unpaired) electrons. The van der Waals surface area contributed by atoms with Crippen LogP contribution >= 0.6 is 11.3 Å². The van der Waals surface area contributed by atoms with Gasteiger partial charge in [-0.1, -0.05) is 17.7 Å². The third kappa shape index (κ3) is 2.36. The Balaban J connectivity index is 2.00. The van der Waals surface area contributed by atoms with Gasteiger partial charge in [-0.3, -0.25) is 0 Å². The highest BCUT2D eigenvalue weighted by Crippen LogP contribution is 2.36. The monoisotopic (exact) mass is 286 g/mol. The summed E-state index contributed by atoms with van der Waals surface area (Å²) in [7, 11) is 0. The molecule has 1 aliphatic rings. The topological polar surface area (TPSA) is 29.3 Å². The fraction of sp³-hybridized carbons (Fsp3) is 0.412. The van der Waals surface area contributed by atoms with Gasteiger partial charge in [-0.2, -0.15) is 0 Å². The third-order valence-electron chi connectivity index (χ3n) is 4.19. The normalized spacial score (nSPS) is 16.1. The van der Waals surface area contributed by atoms with Crippen molar-refractivity contribution in [2.45, 2.75) is 32.7 Å². The van der Waals surface area contributed by atoms with Crippen molar-refractivity contribution >= 4 is 17.0 Å². The number of fused-ring (bicyclic) bond motifs is 1. The smallest absolute Gasteiger partial charge is 0.0759 e. The molecular weight excluding hydrogens is 264 g/mol. The predicted molar refractivity (Wildman–Crippen MR) is 87.7 cm³/mol. The number of nitrogens with two attached hydrogens (primary N) is 1. The van der Waals surface area contributed by atoms with Crippen LogP contribution in [0.2, 0.25) is 0 Å². The summed E-state index contributed by atoms with van der Waals surface area (Å²) in [6, 6.07) is 9.33. The van der Waals surface area contributed by atoms with Gasteiger partial charge in [-0.05, 0) is 55.3 Å². The lowest BCUT2D eigenvalue weighted by molar-refractivity contribution is 0.592. The molecule has 3 rings (SSSR count). The van der Waals surface area contributed by atoms with Crippen LogP contribution in [0.4, 0.5) is 5.69 Å². The van der Waals surface area contributed by atoms with Crippen LogP contribution < -0.4 is 10.6 Å². The van der Waals surface area contributed by atoms with E-state index in [2.05, 4.69) is 48.4 Å². The molecular formula is C17H22N2S. The van der Waals surface area contributed by atoms with E-state index in [1.165, 1.54) is 40.1 Å². The second-order valence-corrected chi connectivity index (χ2v) is 6.60. The van der Waals surface area contributed by atoms with Crippen molar-refractivity contribution in [3.05, 3.63) is 51.2 Å². The maximum atomic E-state index is 6.12. The molecule has 1 aliphatic heterocycles. The van der Waals surface area contributed by atoms with Gasteiger partial charge in [0.15, 0.2) is 0 Å². The van der Waals surface area contributed by atoms with E-state index in [-0.39, 0.29) is 0 Å². The molecule has 0 fully saturated rings. The van der Waals surface area contributed by atoms with Crippen LogP contribution in [0.25, 0.3) is 0 Å². The Labute approximate surface area is 125 Å². The van der Waals surface area contributed by atoms with Crippen molar-refractivity contribution in [1.82, 2.24) is 0 Å². The minimum absolute atomic E-state index is 0.316. The van der Waals surface area contributed by atoms with Gasteiger partial charge >= 0.3 is 0 Å². The fourth-order valence-corrected chi connectivity index (χ4v) is 4.23. The minimum Gasteiger partial charge on any atom is -0.362 e. The molecule has 2 heterocycles. The molecule has 0 amide bonds. The number of nitrogens with zero attached hydrogens (tertiary/aromatic N) is 1. The standard InChI is InChI=1S/C17H22N2S/c1-12-5-6-15-14(10-12)4-3-8-19(15)16(11-18)17-13(2)7-9-20-17/h5-7,9-10,16H,3-4,8,11,18H2,1-2H3. The molecule has 2 N–H and O–H groups in total. The van der Waals surface area contributed by atoms with E-state index in [1.807, 2.05) is 11.3 Å². The molecule has 0 saturated carbocycles. The molecule has 20 heavy (non-hydrogen) atoms. The first-order valence-electron chi connectivity index (χ1n) is 7.31. The van der Waals surface area contributed by atoms with E-state index in [0.717, 1.165) is 6.54 Å². The van der Waals surface area contributed by atoms with Crippen molar-refractivity contribution in [2.75, 3.05) is 18.0 Å². The Morgan fingerprint density at radius 2 is 2.15 bits per heavy atom. The summed E-state index contributed by atoms with van der Waals surface area (Å²) >= 11 is 1.83. The van der Waals surface area contributed by atoms with Crippen LogP contribution in [-0.2, 0) is 6.42 Å². The van der Waals surface area contributed by atoms with Crippen LogP contribution in [0, 0.1) is 13.8 Å². The van der Waals surface area contributed by atoms with Gasteiger partial charge in [-0.15, -0.1) is 11.3 Å². The van der Waals surface area contributed by atoms with E-state index in [9.17, 15) is 0 Å². The Bertz CT molecular complexity index is 603. The van der Waals surface area contributed by atoms with Gasteiger partial charge in [0.25, 0.3) is 0 Å². The van der Waals surface area contributed by atoms with Crippen LogP contribution in [0.5, 0.6) is 0 Å². The van der Waals surface area contributed by atoms with E-state index in [0.29, 0.717) is 12.6 Å². The summed E-state index contributed by atoms with van der Waals surface area (Å²) in [4.78, 5) is 3.93. The highest BCUT2D eigenvalue weighted by atomic mass is 32.1. The first kappa shape index (κ1) is 13.7. The molecule has 1 aromatic heterocycles. The molecule has 1 atom stereocenters. The van der Waals surface area contributed by atoms with Crippen LogP contribution in [0.1, 0.15) is 34.0 Å². The lowest BCUT2D eigenvalue weighted by Crippen LogP contribution is -2.37. The number of benzene rings is 1. The number of aryl methyl sites for hydroxylation is 3. The largest absolute Gasteiger partial charge is 0.362 e. The Hall–Kier alpha value is -1.32. The molecule has 0 spiro atoms. The van der Waals surface area contributed by atoms with Crippen molar-refractivity contribution in [3.8, 4) is 0 Å².